The molecule has 0 amide bonds. The summed E-state index contributed by atoms with van der Waals surface area (Å²) in [5.74, 6) is 0.543. The lowest BCUT2D eigenvalue weighted by molar-refractivity contribution is 0.920. The van der Waals surface area contributed by atoms with Gasteiger partial charge in [-0.3, -0.25) is 0 Å². The highest BCUT2D eigenvalue weighted by molar-refractivity contribution is 5.88. The van der Waals surface area contributed by atoms with Crippen molar-refractivity contribution in [1.82, 2.24) is 0 Å². The van der Waals surface area contributed by atoms with Crippen LogP contribution in [0.25, 0.3) is 5.57 Å². The molecule has 2 aromatic carbocycles. The molecule has 0 aromatic heterocycles. The van der Waals surface area contributed by atoms with E-state index in [2.05, 4.69) is 68.4 Å². The van der Waals surface area contributed by atoms with E-state index < -0.39 is 0 Å². The Morgan fingerprint density at radius 2 is 1.47 bits per heavy atom. The van der Waals surface area contributed by atoms with Crippen molar-refractivity contribution in [1.29, 1.82) is 0 Å². The largest absolute Gasteiger partial charge is 0.0622 e. The summed E-state index contributed by atoms with van der Waals surface area (Å²) in [6.45, 7) is 4.55. The summed E-state index contributed by atoms with van der Waals surface area (Å²) in [5, 5.41) is 0. The van der Waals surface area contributed by atoms with Crippen molar-refractivity contribution in [3.05, 3.63) is 76.9 Å². The third kappa shape index (κ3) is 1.52. The van der Waals surface area contributed by atoms with Crippen LogP contribution in [0, 0.1) is 0 Å². The van der Waals surface area contributed by atoms with Gasteiger partial charge in [-0.2, -0.15) is 0 Å². The van der Waals surface area contributed by atoms with E-state index >= 15 is 0 Å². The van der Waals surface area contributed by atoms with Gasteiger partial charge in [-0.05, 0) is 29.2 Å². The molecule has 1 atom stereocenters. The van der Waals surface area contributed by atoms with Crippen molar-refractivity contribution in [3.63, 3.8) is 0 Å². The SMILES string of the molecule is CC1=C(c2ccccc2)c2ccccc2C1C. The molecule has 0 aliphatic heterocycles. The first-order valence-corrected chi connectivity index (χ1v) is 6.14. The molecule has 0 saturated carbocycles. The van der Waals surface area contributed by atoms with Crippen molar-refractivity contribution in [3.8, 4) is 0 Å². The summed E-state index contributed by atoms with van der Waals surface area (Å²) in [7, 11) is 0. The second-order valence-corrected chi connectivity index (χ2v) is 4.73. The minimum Gasteiger partial charge on any atom is -0.0622 e. The molecule has 0 nitrogen and oxygen atoms in total. The van der Waals surface area contributed by atoms with E-state index in [1.54, 1.807) is 0 Å². The van der Waals surface area contributed by atoms with Crippen LogP contribution < -0.4 is 0 Å². The lowest BCUT2D eigenvalue weighted by atomic mass is 9.98. The van der Waals surface area contributed by atoms with Crippen molar-refractivity contribution in [2.45, 2.75) is 19.8 Å². The fraction of sp³-hybridized carbons (Fsp3) is 0.176. The summed E-state index contributed by atoms with van der Waals surface area (Å²) < 4.78 is 0. The topological polar surface area (TPSA) is 0 Å². The molecule has 0 heteroatoms. The molecular weight excluding hydrogens is 204 g/mol. The maximum absolute atomic E-state index is 2.30. The molecule has 0 saturated heterocycles. The molecule has 0 bridgehead atoms. The molecule has 1 aliphatic rings. The summed E-state index contributed by atoms with van der Waals surface area (Å²) >= 11 is 0. The predicted octanol–water partition coefficient (Wildman–Crippen LogP) is 4.63. The number of hydrogen-bond donors (Lipinski definition) is 0. The Bertz CT molecular complexity index is 576. The van der Waals surface area contributed by atoms with Crippen LogP contribution in [-0.4, -0.2) is 0 Å². The average Bonchev–Trinajstić information content (AvgIpc) is 2.64. The van der Waals surface area contributed by atoms with Gasteiger partial charge in [0.2, 0.25) is 0 Å². The van der Waals surface area contributed by atoms with Gasteiger partial charge in [-0.15, -0.1) is 0 Å². The predicted molar refractivity (Wildman–Crippen MR) is 73.0 cm³/mol. The van der Waals surface area contributed by atoms with Crippen molar-refractivity contribution >= 4 is 5.57 Å². The zero-order valence-corrected chi connectivity index (χ0v) is 10.3. The van der Waals surface area contributed by atoms with E-state index in [1.165, 1.54) is 27.8 Å². The van der Waals surface area contributed by atoms with Gasteiger partial charge in [0.25, 0.3) is 0 Å². The molecule has 0 N–H and O–H groups in total. The van der Waals surface area contributed by atoms with Gasteiger partial charge < -0.3 is 0 Å². The fourth-order valence-corrected chi connectivity index (χ4v) is 2.75. The molecule has 1 aliphatic carbocycles. The molecular formula is C17H16. The summed E-state index contributed by atoms with van der Waals surface area (Å²) in [6, 6.07) is 19.5. The van der Waals surface area contributed by atoms with Crippen LogP contribution >= 0.6 is 0 Å². The Balaban J connectivity index is 2.23. The maximum atomic E-state index is 2.30. The van der Waals surface area contributed by atoms with Crippen LogP contribution in [0.15, 0.2) is 60.2 Å². The Labute approximate surface area is 103 Å². The molecule has 0 radical (unpaired) electrons. The second kappa shape index (κ2) is 3.89. The molecule has 84 valence electrons. The molecule has 3 rings (SSSR count). The van der Waals surface area contributed by atoms with Gasteiger partial charge in [0.1, 0.15) is 0 Å². The second-order valence-electron chi connectivity index (χ2n) is 4.73. The van der Waals surface area contributed by atoms with Gasteiger partial charge >= 0.3 is 0 Å². The molecule has 0 spiro atoms. The first-order valence-electron chi connectivity index (χ1n) is 6.14. The van der Waals surface area contributed by atoms with Gasteiger partial charge in [0, 0.05) is 5.92 Å². The van der Waals surface area contributed by atoms with Crippen LogP contribution in [0.2, 0.25) is 0 Å². The smallest absolute Gasteiger partial charge is 0.00326 e. The lowest BCUT2D eigenvalue weighted by Crippen LogP contribution is -1.88. The van der Waals surface area contributed by atoms with E-state index in [0.29, 0.717) is 5.92 Å². The Morgan fingerprint density at radius 3 is 2.24 bits per heavy atom. The zero-order chi connectivity index (χ0) is 11.8. The van der Waals surface area contributed by atoms with Gasteiger partial charge in [0.05, 0.1) is 0 Å². The fourth-order valence-electron chi connectivity index (χ4n) is 2.75. The summed E-state index contributed by atoms with van der Waals surface area (Å²) in [5.41, 5.74) is 7.11. The van der Waals surface area contributed by atoms with E-state index in [0.717, 1.165) is 0 Å². The third-order valence-electron chi connectivity index (χ3n) is 3.80. The number of allylic oxidation sites excluding steroid dienone is 1. The van der Waals surface area contributed by atoms with E-state index in [1.807, 2.05) is 0 Å². The standard InChI is InChI=1S/C17H16/c1-12-13(2)17(14-8-4-3-5-9-14)16-11-7-6-10-15(12)16/h3-12H,1-2H3. The first-order chi connectivity index (χ1) is 8.29. The molecule has 0 fully saturated rings. The van der Waals surface area contributed by atoms with Gasteiger partial charge in [-0.25, -0.2) is 0 Å². The third-order valence-corrected chi connectivity index (χ3v) is 3.80. The Morgan fingerprint density at radius 1 is 0.824 bits per heavy atom. The molecule has 2 aromatic rings. The molecule has 0 heterocycles. The van der Waals surface area contributed by atoms with Crippen molar-refractivity contribution < 1.29 is 0 Å². The highest BCUT2D eigenvalue weighted by Gasteiger charge is 2.25. The molecule has 1 unspecified atom stereocenters. The van der Waals surface area contributed by atoms with E-state index in [-0.39, 0.29) is 0 Å². The Kier molecular flexibility index (Phi) is 2.36. The zero-order valence-electron chi connectivity index (χ0n) is 10.3. The monoisotopic (exact) mass is 220 g/mol. The minimum atomic E-state index is 0.543. The molecule has 17 heavy (non-hydrogen) atoms. The highest BCUT2D eigenvalue weighted by atomic mass is 14.3. The van der Waals surface area contributed by atoms with Crippen LogP contribution in [0.1, 0.15) is 36.5 Å². The summed E-state index contributed by atoms with van der Waals surface area (Å²) in [4.78, 5) is 0. The first kappa shape index (κ1) is 10.3. The van der Waals surface area contributed by atoms with Gasteiger partial charge in [-0.1, -0.05) is 67.1 Å². The lowest BCUT2D eigenvalue weighted by Gasteiger charge is -2.06. The van der Waals surface area contributed by atoms with Crippen molar-refractivity contribution in [2.24, 2.45) is 0 Å². The Hall–Kier alpha value is -1.82. The number of rotatable bonds is 1. The number of benzene rings is 2. The van der Waals surface area contributed by atoms with Crippen LogP contribution in [-0.2, 0) is 0 Å². The van der Waals surface area contributed by atoms with E-state index in [4.69, 9.17) is 0 Å². The van der Waals surface area contributed by atoms with E-state index in [9.17, 15) is 0 Å². The quantitative estimate of drug-likeness (QED) is 0.657. The maximum Gasteiger partial charge on any atom is 0.00326 e. The van der Waals surface area contributed by atoms with Crippen LogP contribution in [0.5, 0.6) is 0 Å². The normalized spacial score (nSPS) is 18.4. The number of hydrogen-bond acceptors (Lipinski definition) is 0. The van der Waals surface area contributed by atoms with Crippen LogP contribution in [0.4, 0.5) is 0 Å². The number of fused-ring (bicyclic) bond motifs is 1. The summed E-state index contributed by atoms with van der Waals surface area (Å²) in [6.07, 6.45) is 0. The van der Waals surface area contributed by atoms with Crippen molar-refractivity contribution in [2.75, 3.05) is 0 Å². The minimum absolute atomic E-state index is 0.543. The average molecular weight is 220 g/mol. The van der Waals surface area contributed by atoms with Crippen LogP contribution in [0.3, 0.4) is 0 Å². The highest BCUT2D eigenvalue weighted by Crippen LogP contribution is 2.44. The van der Waals surface area contributed by atoms with Gasteiger partial charge in [0.15, 0.2) is 0 Å².